The first-order chi connectivity index (χ1) is 9.21. The molecule has 2 aromatic rings. The van der Waals surface area contributed by atoms with E-state index >= 15 is 0 Å². The summed E-state index contributed by atoms with van der Waals surface area (Å²) >= 11 is 1.66. The van der Waals surface area contributed by atoms with Crippen LogP contribution in [-0.4, -0.2) is 14.2 Å². The first-order valence-corrected chi connectivity index (χ1v) is 6.86. The van der Waals surface area contributed by atoms with Gasteiger partial charge in [-0.1, -0.05) is 0 Å². The number of thiophene rings is 1. The molecule has 4 nitrogen and oxygen atoms in total. The minimum atomic E-state index is -0.115. The van der Waals surface area contributed by atoms with Gasteiger partial charge in [-0.05, 0) is 47.0 Å². The van der Waals surface area contributed by atoms with E-state index in [1.165, 1.54) is 5.56 Å². The molecule has 0 spiro atoms. The molecule has 0 saturated heterocycles. The van der Waals surface area contributed by atoms with Gasteiger partial charge in [0, 0.05) is 5.56 Å². The van der Waals surface area contributed by atoms with E-state index in [2.05, 4.69) is 23.1 Å². The third-order valence-corrected chi connectivity index (χ3v) is 4.00. The highest BCUT2D eigenvalue weighted by molar-refractivity contribution is 7.08. The van der Waals surface area contributed by atoms with Crippen molar-refractivity contribution >= 4 is 11.3 Å². The lowest BCUT2D eigenvalue weighted by atomic mass is 9.98. The topological polar surface area (TPSA) is 56.5 Å². The van der Waals surface area contributed by atoms with Crippen molar-refractivity contribution in [2.45, 2.75) is 13.0 Å². The summed E-state index contributed by atoms with van der Waals surface area (Å²) in [7, 11) is 3.30. The highest BCUT2D eigenvalue weighted by atomic mass is 32.1. The van der Waals surface area contributed by atoms with E-state index < -0.39 is 0 Å². The zero-order valence-electron chi connectivity index (χ0n) is 11.3. The van der Waals surface area contributed by atoms with Gasteiger partial charge in [0.15, 0.2) is 0 Å². The Labute approximate surface area is 117 Å². The molecule has 2 rings (SSSR count). The maximum Gasteiger partial charge on any atom is 0.124 e. The van der Waals surface area contributed by atoms with Crippen LogP contribution < -0.4 is 20.7 Å². The number of hydrazine groups is 1. The van der Waals surface area contributed by atoms with Crippen LogP contribution in [0.2, 0.25) is 0 Å². The van der Waals surface area contributed by atoms with Gasteiger partial charge in [-0.3, -0.25) is 5.84 Å². The Hall–Kier alpha value is -1.56. The Morgan fingerprint density at radius 1 is 1.16 bits per heavy atom. The van der Waals surface area contributed by atoms with Crippen LogP contribution in [0.15, 0.2) is 29.0 Å². The summed E-state index contributed by atoms with van der Waals surface area (Å²) in [5, 5.41) is 4.20. The Kier molecular flexibility index (Phi) is 4.42. The van der Waals surface area contributed by atoms with Crippen LogP contribution >= 0.6 is 11.3 Å². The number of aryl methyl sites for hydroxylation is 1. The Balaban J connectivity index is 2.51. The molecule has 5 heteroatoms. The smallest absolute Gasteiger partial charge is 0.124 e. The van der Waals surface area contributed by atoms with Crippen LogP contribution in [0.4, 0.5) is 0 Å². The lowest BCUT2D eigenvalue weighted by Crippen LogP contribution is -2.29. The van der Waals surface area contributed by atoms with Gasteiger partial charge in [-0.25, -0.2) is 5.43 Å². The standard InChI is InChI=1S/C14H18N2O2S/c1-9-7-19-8-12(9)14(16-15)11-6-10(17-2)4-5-13(11)18-3/h4-8,14,16H,15H2,1-3H3. The van der Waals surface area contributed by atoms with E-state index in [-0.39, 0.29) is 6.04 Å². The first kappa shape index (κ1) is 13.9. The van der Waals surface area contributed by atoms with Crippen LogP contribution in [-0.2, 0) is 0 Å². The molecule has 1 aromatic heterocycles. The fourth-order valence-corrected chi connectivity index (χ4v) is 2.96. The molecule has 1 heterocycles. The molecule has 0 saturated carbocycles. The number of nitrogens with one attached hydrogen (secondary N) is 1. The van der Waals surface area contributed by atoms with Crippen LogP contribution in [0, 0.1) is 6.92 Å². The van der Waals surface area contributed by atoms with Crippen molar-refractivity contribution in [1.82, 2.24) is 5.43 Å². The number of methoxy groups -OCH3 is 2. The van der Waals surface area contributed by atoms with Crippen molar-refractivity contribution in [1.29, 1.82) is 0 Å². The molecular weight excluding hydrogens is 260 g/mol. The van der Waals surface area contributed by atoms with E-state index in [1.54, 1.807) is 25.6 Å². The Morgan fingerprint density at radius 2 is 1.95 bits per heavy atom. The van der Waals surface area contributed by atoms with Gasteiger partial charge >= 0.3 is 0 Å². The first-order valence-electron chi connectivity index (χ1n) is 5.92. The van der Waals surface area contributed by atoms with Gasteiger partial charge in [0.25, 0.3) is 0 Å². The van der Waals surface area contributed by atoms with Crippen LogP contribution in [0.1, 0.15) is 22.7 Å². The molecule has 0 fully saturated rings. The van der Waals surface area contributed by atoms with Gasteiger partial charge in [0.05, 0.1) is 20.3 Å². The number of hydrogen-bond acceptors (Lipinski definition) is 5. The average Bonchev–Trinajstić information content (AvgIpc) is 2.86. The molecule has 1 unspecified atom stereocenters. The van der Waals surface area contributed by atoms with Crippen LogP contribution in [0.5, 0.6) is 11.5 Å². The predicted molar refractivity (Wildman–Crippen MR) is 77.8 cm³/mol. The number of hydrogen-bond donors (Lipinski definition) is 2. The van der Waals surface area contributed by atoms with E-state index in [1.807, 2.05) is 18.2 Å². The quantitative estimate of drug-likeness (QED) is 0.652. The normalized spacial score (nSPS) is 12.2. The summed E-state index contributed by atoms with van der Waals surface area (Å²) < 4.78 is 10.7. The fraction of sp³-hybridized carbons (Fsp3) is 0.286. The SMILES string of the molecule is COc1ccc(OC)c(C(NN)c2cscc2C)c1. The number of nitrogens with two attached hydrogens (primary N) is 1. The second kappa shape index (κ2) is 6.06. The molecule has 0 radical (unpaired) electrons. The van der Waals surface area contributed by atoms with Crippen molar-refractivity contribution in [3.8, 4) is 11.5 Å². The summed E-state index contributed by atoms with van der Waals surface area (Å²) in [6.07, 6.45) is 0. The zero-order chi connectivity index (χ0) is 13.8. The van der Waals surface area contributed by atoms with Gasteiger partial charge < -0.3 is 9.47 Å². The van der Waals surface area contributed by atoms with E-state index in [9.17, 15) is 0 Å². The minimum Gasteiger partial charge on any atom is -0.497 e. The Morgan fingerprint density at radius 3 is 2.47 bits per heavy atom. The number of rotatable bonds is 5. The molecule has 1 atom stereocenters. The fourth-order valence-electron chi connectivity index (χ4n) is 2.08. The molecule has 1 aromatic carbocycles. The van der Waals surface area contributed by atoms with E-state index in [4.69, 9.17) is 15.3 Å². The molecule has 3 N–H and O–H groups in total. The van der Waals surface area contributed by atoms with Gasteiger partial charge in [-0.2, -0.15) is 11.3 Å². The highest BCUT2D eigenvalue weighted by Gasteiger charge is 2.20. The molecule has 0 aliphatic rings. The molecule has 102 valence electrons. The zero-order valence-corrected chi connectivity index (χ0v) is 12.1. The monoisotopic (exact) mass is 278 g/mol. The van der Waals surface area contributed by atoms with Gasteiger partial charge in [-0.15, -0.1) is 0 Å². The summed E-state index contributed by atoms with van der Waals surface area (Å²) in [4.78, 5) is 0. The molecular formula is C14H18N2O2S. The second-order valence-electron chi connectivity index (χ2n) is 4.22. The van der Waals surface area contributed by atoms with Crippen molar-refractivity contribution < 1.29 is 9.47 Å². The summed E-state index contributed by atoms with van der Waals surface area (Å²) in [6.45, 7) is 2.07. The second-order valence-corrected chi connectivity index (χ2v) is 4.96. The molecule has 0 aliphatic carbocycles. The maximum atomic E-state index is 5.74. The third-order valence-electron chi connectivity index (χ3n) is 3.12. The average molecular weight is 278 g/mol. The summed E-state index contributed by atoms with van der Waals surface area (Å²) in [6, 6.07) is 5.59. The van der Waals surface area contributed by atoms with Crippen molar-refractivity contribution in [2.24, 2.45) is 5.84 Å². The predicted octanol–water partition coefficient (Wildman–Crippen LogP) is 2.63. The van der Waals surface area contributed by atoms with Crippen molar-refractivity contribution in [3.05, 3.63) is 45.6 Å². The lowest BCUT2D eigenvalue weighted by molar-refractivity contribution is 0.394. The van der Waals surface area contributed by atoms with Gasteiger partial charge in [0.2, 0.25) is 0 Å². The molecule has 0 aliphatic heterocycles. The molecule has 0 bridgehead atoms. The van der Waals surface area contributed by atoms with E-state index in [0.717, 1.165) is 22.6 Å². The minimum absolute atomic E-state index is 0.115. The van der Waals surface area contributed by atoms with E-state index in [0.29, 0.717) is 0 Å². The molecule has 0 amide bonds. The maximum absolute atomic E-state index is 5.74. The van der Waals surface area contributed by atoms with Crippen molar-refractivity contribution in [3.63, 3.8) is 0 Å². The lowest BCUT2D eigenvalue weighted by Gasteiger charge is -2.20. The summed E-state index contributed by atoms with van der Waals surface area (Å²) in [5.41, 5.74) is 6.18. The van der Waals surface area contributed by atoms with Crippen molar-refractivity contribution in [2.75, 3.05) is 14.2 Å². The van der Waals surface area contributed by atoms with Crippen LogP contribution in [0.25, 0.3) is 0 Å². The van der Waals surface area contributed by atoms with Crippen LogP contribution in [0.3, 0.4) is 0 Å². The van der Waals surface area contributed by atoms with Gasteiger partial charge in [0.1, 0.15) is 11.5 Å². The number of ether oxygens (including phenoxy) is 2. The summed E-state index contributed by atoms with van der Waals surface area (Å²) in [5.74, 6) is 7.31. The molecule has 19 heavy (non-hydrogen) atoms. The number of benzene rings is 1. The Bertz CT molecular complexity index is 554. The third kappa shape index (κ3) is 2.73. The largest absolute Gasteiger partial charge is 0.497 e. The highest BCUT2D eigenvalue weighted by Crippen LogP contribution is 2.34.